The SMILES string of the molecule is CCC(=O)N(c1ccc(Cl)c(Cl)c1)[C@@H]1CCC[C@H]1N(C)C.O=C(O)/C=C/C(=O)O. The second-order valence-electron chi connectivity index (χ2n) is 6.75. The molecule has 0 bridgehead atoms. The van der Waals surface area contributed by atoms with E-state index < -0.39 is 11.9 Å². The molecule has 0 heterocycles. The van der Waals surface area contributed by atoms with E-state index in [2.05, 4.69) is 19.0 Å². The van der Waals surface area contributed by atoms with Crippen molar-refractivity contribution < 1.29 is 24.6 Å². The van der Waals surface area contributed by atoms with Gasteiger partial charge in [0.2, 0.25) is 5.91 Å². The fraction of sp³-hybridized carbons (Fsp3) is 0.450. The van der Waals surface area contributed by atoms with E-state index in [9.17, 15) is 14.4 Å². The lowest BCUT2D eigenvalue weighted by Crippen LogP contribution is -2.49. The molecule has 1 amide bonds. The van der Waals surface area contributed by atoms with E-state index in [0.717, 1.165) is 24.9 Å². The fourth-order valence-corrected chi connectivity index (χ4v) is 3.58. The van der Waals surface area contributed by atoms with Gasteiger partial charge in [0.15, 0.2) is 0 Å². The molecule has 0 radical (unpaired) electrons. The number of halogens is 2. The van der Waals surface area contributed by atoms with E-state index in [1.807, 2.05) is 17.9 Å². The van der Waals surface area contributed by atoms with Crippen molar-refractivity contribution in [3.8, 4) is 0 Å². The van der Waals surface area contributed by atoms with Gasteiger partial charge in [-0.15, -0.1) is 0 Å². The van der Waals surface area contributed by atoms with Crippen molar-refractivity contribution in [2.45, 2.75) is 44.7 Å². The second kappa shape index (κ2) is 11.8. The zero-order valence-electron chi connectivity index (χ0n) is 16.6. The Kier molecular flexibility index (Phi) is 10.2. The summed E-state index contributed by atoms with van der Waals surface area (Å²) in [5.41, 5.74) is 0.843. The fourth-order valence-electron chi connectivity index (χ4n) is 3.29. The number of rotatable bonds is 6. The molecular formula is C20H26Cl2N2O5. The highest BCUT2D eigenvalue weighted by Gasteiger charge is 2.36. The van der Waals surface area contributed by atoms with Crippen molar-refractivity contribution >= 4 is 46.7 Å². The van der Waals surface area contributed by atoms with E-state index in [4.69, 9.17) is 33.4 Å². The van der Waals surface area contributed by atoms with Crippen LogP contribution in [-0.2, 0) is 14.4 Å². The van der Waals surface area contributed by atoms with E-state index in [1.54, 1.807) is 12.1 Å². The molecule has 1 fully saturated rings. The number of carboxylic acids is 2. The number of hydrogen-bond donors (Lipinski definition) is 2. The van der Waals surface area contributed by atoms with Crippen LogP contribution in [0.4, 0.5) is 5.69 Å². The molecule has 2 atom stereocenters. The first-order valence-corrected chi connectivity index (χ1v) is 9.91. The third-order valence-corrected chi connectivity index (χ3v) is 5.30. The zero-order chi connectivity index (χ0) is 22.1. The quantitative estimate of drug-likeness (QED) is 0.644. The Morgan fingerprint density at radius 1 is 1.03 bits per heavy atom. The molecule has 29 heavy (non-hydrogen) atoms. The van der Waals surface area contributed by atoms with Crippen molar-refractivity contribution in [1.82, 2.24) is 4.90 Å². The smallest absolute Gasteiger partial charge is 0.328 e. The Morgan fingerprint density at radius 3 is 2.03 bits per heavy atom. The first-order chi connectivity index (χ1) is 13.6. The minimum Gasteiger partial charge on any atom is -0.478 e. The van der Waals surface area contributed by atoms with E-state index in [0.29, 0.717) is 34.7 Å². The average Bonchev–Trinajstić information content (AvgIpc) is 3.13. The lowest BCUT2D eigenvalue weighted by atomic mass is 10.1. The summed E-state index contributed by atoms with van der Waals surface area (Å²) in [6.07, 6.45) is 4.88. The molecule has 1 aliphatic rings. The number of carbonyl (C=O) groups is 3. The van der Waals surface area contributed by atoms with Gasteiger partial charge in [-0.3, -0.25) is 4.79 Å². The molecule has 160 valence electrons. The molecule has 0 unspecified atom stereocenters. The average molecular weight is 445 g/mol. The van der Waals surface area contributed by atoms with Crippen molar-refractivity contribution in [3.05, 3.63) is 40.4 Å². The first-order valence-electron chi connectivity index (χ1n) is 9.15. The van der Waals surface area contributed by atoms with Crippen LogP contribution < -0.4 is 4.90 Å². The van der Waals surface area contributed by atoms with Gasteiger partial charge < -0.3 is 20.0 Å². The molecule has 9 heteroatoms. The van der Waals surface area contributed by atoms with Crippen molar-refractivity contribution in [3.63, 3.8) is 0 Å². The lowest BCUT2D eigenvalue weighted by molar-refractivity contribution is -0.134. The Hall–Kier alpha value is -2.09. The molecule has 0 saturated heterocycles. The van der Waals surface area contributed by atoms with Crippen LogP contribution in [0.3, 0.4) is 0 Å². The minimum atomic E-state index is -1.26. The maximum absolute atomic E-state index is 12.5. The van der Waals surface area contributed by atoms with Crippen molar-refractivity contribution in [1.29, 1.82) is 0 Å². The molecule has 2 rings (SSSR count). The monoisotopic (exact) mass is 444 g/mol. The Labute approximate surface area is 180 Å². The lowest BCUT2D eigenvalue weighted by Gasteiger charge is -2.36. The van der Waals surface area contributed by atoms with Gasteiger partial charge in [0.25, 0.3) is 0 Å². The number of hydrogen-bond acceptors (Lipinski definition) is 4. The largest absolute Gasteiger partial charge is 0.478 e. The number of nitrogens with zero attached hydrogens (tertiary/aromatic N) is 2. The summed E-state index contributed by atoms with van der Waals surface area (Å²) < 4.78 is 0. The highest BCUT2D eigenvalue weighted by Crippen LogP contribution is 2.34. The van der Waals surface area contributed by atoms with Crippen molar-refractivity contribution in [2.75, 3.05) is 19.0 Å². The highest BCUT2D eigenvalue weighted by molar-refractivity contribution is 6.42. The minimum absolute atomic E-state index is 0.132. The Bertz CT molecular complexity index is 751. The van der Waals surface area contributed by atoms with Gasteiger partial charge in [-0.2, -0.15) is 0 Å². The standard InChI is InChI=1S/C16H22Cl2N2O.C4H4O4/c1-4-16(21)20(11-8-9-12(17)13(18)10-11)15-7-5-6-14(15)19(2)3;5-3(6)1-2-4(7)8/h8-10,14-15H,4-7H2,1-3H3;1-2H,(H,5,6)(H,7,8)/b;2-1+/t14-,15-;/m1./s1. The van der Waals surface area contributed by atoms with Crippen LogP contribution in [0.15, 0.2) is 30.4 Å². The molecule has 1 aliphatic carbocycles. The molecule has 0 aliphatic heterocycles. The van der Waals surface area contributed by atoms with Gasteiger partial charge in [0.05, 0.1) is 16.1 Å². The Balaban J connectivity index is 0.000000447. The number of carbonyl (C=O) groups excluding carboxylic acids is 1. The van der Waals surface area contributed by atoms with Gasteiger partial charge in [0.1, 0.15) is 0 Å². The van der Waals surface area contributed by atoms with Gasteiger partial charge in [-0.25, -0.2) is 9.59 Å². The zero-order valence-corrected chi connectivity index (χ0v) is 18.2. The van der Waals surface area contributed by atoms with Gasteiger partial charge >= 0.3 is 11.9 Å². The summed E-state index contributed by atoms with van der Waals surface area (Å²) >= 11 is 12.1. The summed E-state index contributed by atoms with van der Waals surface area (Å²) in [5.74, 6) is -2.38. The molecular weight excluding hydrogens is 419 g/mol. The van der Waals surface area contributed by atoms with E-state index in [1.165, 1.54) is 0 Å². The summed E-state index contributed by atoms with van der Waals surface area (Å²) in [7, 11) is 4.15. The van der Waals surface area contributed by atoms with Crippen LogP contribution in [0.5, 0.6) is 0 Å². The van der Waals surface area contributed by atoms with Crippen LogP contribution in [0, 0.1) is 0 Å². The molecule has 0 spiro atoms. The van der Waals surface area contributed by atoms with E-state index in [-0.39, 0.29) is 11.9 Å². The molecule has 7 nitrogen and oxygen atoms in total. The maximum atomic E-state index is 12.5. The topological polar surface area (TPSA) is 98.2 Å². The summed E-state index contributed by atoms with van der Waals surface area (Å²) in [4.78, 5) is 35.7. The number of benzene rings is 1. The van der Waals surface area contributed by atoms with Crippen LogP contribution >= 0.6 is 23.2 Å². The predicted octanol–water partition coefficient (Wildman–Crippen LogP) is 3.93. The maximum Gasteiger partial charge on any atom is 0.328 e. The predicted molar refractivity (Wildman–Crippen MR) is 114 cm³/mol. The highest BCUT2D eigenvalue weighted by atomic mass is 35.5. The first kappa shape index (κ1) is 24.9. The molecule has 1 saturated carbocycles. The molecule has 1 aromatic rings. The number of anilines is 1. The third-order valence-electron chi connectivity index (χ3n) is 4.56. The van der Waals surface area contributed by atoms with Gasteiger partial charge in [0, 0.05) is 30.3 Å². The number of amides is 1. The number of carboxylic acid groups (broad SMARTS) is 2. The van der Waals surface area contributed by atoms with Crippen LogP contribution in [0.1, 0.15) is 32.6 Å². The number of aliphatic carboxylic acids is 2. The molecule has 2 N–H and O–H groups in total. The number of likely N-dealkylation sites (N-methyl/N-ethyl adjacent to an activating group) is 1. The van der Waals surface area contributed by atoms with Gasteiger partial charge in [-0.1, -0.05) is 30.1 Å². The normalized spacial score (nSPS) is 18.4. The van der Waals surface area contributed by atoms with Crippen LogP contribution in [0.25, 0.3) is 0 Å². The molecule has 1 aromatic carbocycles. The van der Waals surface area contributed by atoms with Crippen LogP contribution in [0.2, 0.25) is 10.0 Å². The van der Waals surface area contributed by atoms with Gasteiger partial charge in [-0.05, 0) is 51.6 Å². The third kappa shape index (κ3) is 7.68. The van der Waals surface area contributed by atoms with Crippen molar-refractivity contribution in [2.24, 2.45) is 0 Å². The summed E-state index contributed by atoms with van der Waals surface area (Å²) in [6, 6.07) is 6.02. The Morgan fingerprint density at radius 2 is 1.59 bits per heavy atom. The van der Waals surface area contributed by atoms with Crippen LogP contribution in [-0.4, -0.2) is 59.1 Å². The molecule has 0 aromatic heterocycles. The second-order valence-corrected chi connectivity index (χ2v) is 7.57. The summed E-state index contributed by atoms with van der Waals surface area (Å²) in [6.45, 7) is 1.90. The summed E-state index contributed by atoms with van der Waals surface area (Å²) in [5, 5.41) is 16.6. The van der Waals surface area contributed by atoms with E-state index >= 15 is 0 Å².